The summed E-state index contributed by atoms with van der Waals surface area (Å²) in [7, 11) is 0. The Balaban J connectivity index is 2.38. The number of aliphatic imine (C=N–C) groups is 1. The van der Waals surface area contributed by atoms with Crippen molar-refractivity contribution >= 4 is 12.1 Å². The van der Waals surface area contributed by atoms with Crippen molar-refractivity contribution in [3.63, 3.8) is 0 Å². The maximum atomic E-state index is 12.7. The third kappa shape index (κ3) is 5.41. The van der Waals surface area contributed by atoms with Crippen LogP contribution in [-0.4, -0.2) is 41.8 Å². The standard InChI is InChI=1S/C21H29FN2O2/c1-3-17(8-7-10-22)12-19-13-23-14-20(25)16(2)21(26)24-11-6-4-5-9-18(19)15-24/h3,7,10,13,17,25H,1,4-6,8-9,11-12,14-15H2,2H3/b10-7+,19-18-,20-16+,23-13?. The number of hydrogen-bond acceptors (Lipinski definition) is 3. The summed E-state index contributed by atoms with van der Waals surface area (Å²) in [4.78, 5) is 18.9. The minimum Gasteiger partial charge on any atom is -0.510 e. The minimum atomic E-state index is -0.112. The molecule has 1 saturated heterocycles. The van der Waals surface area contributed by atoms with Gasteiger partial charge in [0.25, 0.3) is 5.91 Å². The van der Waals surface area contributed by atoms with E-state index in [0.29, 0.717) is 37.8 Å². The van der Waals surface area contributed by atoms with Crippen LogP contribution < -0.4 is 0 Å². The van der Waals surface area contributed by atoms with Gasteiger partial charge in [-0.3, -0.25) is 9.79 Å². The van der Waals surface area contributed by atoms with Crippen LogP contribution in [-0.2, 0) is 4.79 Å². The zero-order valence-electron chi connectivity index (χ0n) is 15.6. The van der Waals surface area contributed by atoms with Gasteiger partial charge in [0.2, 0.25) is 0 Å². The molecule has 2 heterocycles. The highest BCUT2D eigenvalue weighted by Crippen LogP contribution is 2.26. The molecule has 1 N–H and O–H groups in total. The van der Waals surface area contributed by atoms with Crippen molar-refractivity contribution in [2.24, 2.45) is 10.9 Å². The Morgan fingerprint density at radius 2 is 2.23 bits per heavy atom. The number of carbonyl (C=O) groups is 1. The molecule has 0 saturated carbocycles. The lowest BCUT2D eigenvalue weighted by Crippen LogP contribution is -2.36. The molecule has 4 nitrogen and oxygen atoms in total. The molecule has 2 aliphatic heterocycles. The molecule has 5 heteroatoms. The predicted octanol–water partition coefficient (Wildman–Crippen LogP) is 4.67. The van der Waals surface area contributed by atoms with Gasteiger partial charge in [0.05, 0.1) is 18.4 Å². The Hall–Kier alpha value is -2.17. The zero-order valence-corrected chi connectivity index (χ0v) is 15.6. The number of carbonyl (C=O) groups excluding carboxylic acids is 1. The average Bonchev–Trinajstić information content (AvgIpc) is 2.62. The molecular weight excluding hydrogens is 331 g/mol. The van der Waals surface area contributed by atoms with Crippen LogP contribution in [0.5, 0.6) is 0 Å². The topological polar surface area (TPSA) is 52.9 Å². The van der Waals surface area contributed by atoms with Gasteiger partial charge in [0.1, 0.15) is 5.76 Å². The van der Waals surface area contributed by atoms with E-state index in [1.165, 1.54) is 11.6 Å². The van der Waals surface area contributed by atoms with Crippen LogP contribution >= 0.6 is 0 Å². The first-order valence-electron chi connectivity index (χ1n) is 9.33. The summed E-state index contributed by atoms with van der Waals surface area (Å²) < 4.78 is 12.4. The van der Waals surface area contributed by atoms with E-state index in [1.54, 1.807) is 6.92 Å². The van der Waals surface area contributed by atoms with Gasteiger partial charge >= 0.3 is 0 Å². The molecule has 0 aliphatic carbocycles. The monoisotopic (exact) mass is 360 g/mol. The van der Waals surface area contributed by atoms with E-state index in [1.807, 2.05) is 17.2 Å². The predicted molar refractivity (Wildman–Crippen MR) is 104 cm³/mol. The van der Waals surface area contributed by atoms with Gasteiger partial charge in [-0.15, -0.1) is 6.58 Å². The molecule has 0 radical (unpaired) electrons. The molecule has 2 aliphatic rings. The van der Waals surface area contributed by atoms with Crippen molar-refractivity contribution in [2.75, 3.05) is 19.6 Å². The van der Waals surface area contributed by atoms with Crippen LogP contribution in [0.4, 0.5) is 4.39 Å². The lowest BCUT2D eigenvalue weighted by Gasteiger charge is -2.29. The number of nitrogens with zero attached hydrogens (tertiary/aromatic N) is 2. The normalized spacial score (nSPS) is 26.5. The van der Waals surface area contributed by atoms with E-state index >= 15 is 0 Å². The maximum absolute atomic E-state index is 12.7. The van der Waals surface area contributed by atoms with Crippen molar-refractivity contribution < 1.29 is 14.3 Å². The van der Waals surface area contributed by atoms with E-state index in [-0.39, 0.29) is 24.1 Å². The number of fused-ring (bicyclic) bond motifs is 2. The number of hydrogen-bond donors (Lipinski definition) is 1. The Kier molecular flexibility index (Phi) is 7.82. The van der Waals surface area contributed by atoms with Crippen LogP contribution in [0.1, 0.15) is 45.4 Å². The van der Waals surface area contributed by atoms with E-state index in [9.17, 15) is 14.3 Å². The molecule has 142 valence electrons. The Bertz CT molecular complexity index is 646. The molecule has 1 fully saturated rings. The number of allylic oxidation sites excluding steroid dienone is 3. The molecule has 0 aromatic rings. The molecule has 0 spiro atoms. The third-order valence-corrected chi connectivity index (χ3v) is 5.11. The fraction of sp³-hybridized carbons (Fsp3) is 0.524. The number of rotatable bonds is 5. The first kappa shape index (κ1) is 20.1. The van der Waals surface area contributed by atoms with Crippen LogP contribution in [0.25, 0.3) is 0 Å². The maximum Gasteiger partial charge on any atom is 0.253 e. The first-order valence-corrected chi connectivity index (χ1v) is 9.33. The van der Waals surface area contributed by atoms with Crippen LogP contribution in [0.15, 0.2) is 52.5 Å². The molecular formula is C21H29FN2O2. The van der Waals surface area contributed by atoms with Crippen LogP contribution in [0, 0.1) is 5.92 Å². The smallest absolute Gasteiger partial charge is 0.253 e. The molecule has 1 atom stereocenters. The number of halogens is 1. The van der Waals surface area contributed by atoms with E-state index in [4.69, 9.17) is 0 Å². The second-order valence-electron chi connectivity index (χ2n) is 7.00. The molecule has 26 heavy (non-hydrogen) atoms. The molecule has 2 bridgehead atoms. The molecule has 0 aromatic heterocycles. The molecule has 2 rings (SSSR count). The number of aliphatic hydroxyl groups excluding tert-OH is 1. The van der Waals surface area contributed by atoms with Crippen molar-refractivity contribution in [3.05, 3.63) is 47.5 Å². The van der Waals surface area contributed by atoms with Gasteiger partial charge in [-0.25, -0.2) is 4.39 Å². The summed E-state index contributed by atoms with van der Waals surface area (Å²) in [6.07, 6.45) is 11.1. The lowest BCUT2D eigenvalue weighted by atomic mass is 9.90. The van der Waals surface area contributed by atoms with Gasteiger partial charge in [-0.05, 0) is 56.1 Å². The lowest BCUT2D eigenvalue weighted by molar-refractivity contribution is -0.127. The highest BCUT2D eigenvalue weighted by molar-refractivity contribution is 5.94. The summed E-state index contributed by atoms with van der Waals surface area (Å²) in [5.41, 5.74) is 2.67. The second-order valence-corrected chi connectivity index (χ2v) is 7.00. The Morgan fingerprint density at radius 3 is 2.96 bits per heavy atom. The highest BCUT2D eigenvalue weighted by Gasteiger charge is 2.23. The fourth-order valence-electron chi connectivity index (χ4n) is 3.42. The fourth-order valence-corrected chi connectivity index (χ4v) is 3.42. The van der Waals surface area contributed by atoms with Crippen molar-refractivity contribution in [1.29, 1.82) is 0 Å². The number of amides is 1. The average molecular weight is 360 g/mol. The summed E-state index contributed by atoms with van der Waals surface area (Å²) in [6, 6.07) is 0. The van der Waals surface area contributed by atoms with Crippen molar-refractivity contribution in [1.82, 2.24) is 4.90 Å². The van der Waals surface area contributed by atoms with Crippen LogP contribution in [0.2, 0.25) is 0 Å². The summed E-state index contributed by atoms with van der Waals surface area (Å²) in [6.45, 7) is 6.90. The van der Waals surface area contributed by atoms with Crippen LogP contribution in [0.3, 0.4) is 0 Å². The van der Waals surface area contributed by atoms with E-state index < -0.39 is 0 Å². The summed E-state index contributed by atoms with van der Waals surface area (Å²) >= 11 is 0. The SMILES string of the molecule is C=CC(C/C=C/F)C/C1=C2\CCCCCN(C2)C(=O)/C(C)=C(/O)CN=C1. The molecule has 1 amide bonds. The van der Waals surface area contributed by atoms with Crippen molar-refractivity contribution in [2.45, 2.75) is 45.4 Å². The largest absolute Gasteiger partial charge is 0.510 e. The Morgan fingerprint density at radius 1 is 1.42 bits per heavy atom. The highest BCUT2D eigenvalue weighted by atomic mass is 19.1. The zero-order chi connectivity index (χ0) is 18.9. The van der Waals surface area contributed by atoms with Crippen molar-refractivity contribution in [3.8, 4) is 0 Å². The summed E-state index contributed by atoms with van der Waals surface area (Å²) in [5.74, 6) is 0.0232. The molecule has 1 unspecified atom stereocenters. The third-order valence-electron chi connectivity index (χ3n) is 5.11. The van der Waals surface area contributed by atoms with Gasteiger partial charge in [0, 0.05) is 19.3 Å². The van der Waals surface area contributed by atoms with Gasteiger partial charge in [-0.1, -0.05) is 18.6 Å². The van der Waals surface area contributed by atoms with Gasteiger partial charge in [0.15, 0.2) is 0 Å². The summed E-state index contributed by atoms with van der Waals surface area (Å²) in [5, 5.41) is 10.2. The van der Waals surface area contributed by atoms with E-state index in [2.05, 4.69) is 11.6 Å². The quantitative estimate of drug-likeness (QED) is 0.725. The molecule has 0 aromatic carbocycles. The second kappa shape index (κ2) is 10.1. The van der Waals surface area contributed by atoms with Gasteiger partial charge < -0.3 is 10.0 Å². The first-order chi connectivity index (χ1) is 12.6. The number of aliphatic hydroxyl groups is 1. The minimum absolute atomic E-state index is 0.0248. The van der Waals surface area contributed by atoms with Gasteiger partial charge in [-0.2, -0.15) is 0 Å². The van der Waals surface area contributed by atoms with E-state index in [0.717, 1.165) is 31.3 Å². The Labute approximate surface area is 155 Å².